The molecule has 0 aliphatic rings. The summed E-state index contributed by atoms with van der Waals surface area (Å²) in [6.07, 6.45) is 3.08. The maximum atomic E-state index is 10.7. The van der Waals surface area contributed by atoms with E-state index in [2.05, 4.69) is 18.1 Å². The maximum Gasteiger partial charge on any atom is 0.343 e. The van der Waals surface area contributed by atoms with Gasteiger partial charge < -0.3 is 10.1 Å². The maximum absolute atomic E-state index is 10.7. The highest BCUT2D eigenvalue weighted by Crippen LogP contribution is 2.17. The summed E-state index contributed by atoms with van der Waals surface area (Å²) in [5, 5.41) is 11.0. The topological polar surface area (TPSA) is 61.0 Å². The van der Waals surface area contributed by atoms with Gasteiger partial charge in [0, 0.05) is 5.03 Å². The summed E-state index contributed by atoms with van der Waals surface area (Å²) in [6.45, 7) is 7.38. The molecule has 0 aliphatic carbocycles. The van der Waals surface area contributed by atoms with Crippen LogP contribution in [0.1, 0.15) is 5.82 Å². The molecule has 0 bridgehead atoms. The van der Waals surface area contributed by atoms with E-state index in [1.165, 1.54) is 10.8 Å². The van der Waals surface area contributed by atoms with E-state index in [-0.39, 0.29) is 5.82 Å². The van der Waals surface area contributed by atoms with Crippen LogP contribution in [0.2, 0.25) is 0 Å². The zero-order valence-electron chi connectivity index (χ0n) is 8.02. The zero-order chi connectivity index (χ0) is 11.4. The number of nitrogens with zero attached hydrogens (tertiary/aromatic N) is 3. The second-order valence-electron chi connectivity index (χ2n) is 2.88. The lowest BCUT2D eigenvalue weighted by Gasteiger charge is -2.00. The number of allylic oxidation sites excluding steroid dienone is 2. The van der Waals surface area contributed by atoms with Gasteiger partial charge in [-0.2, -0.15) is 0 Å². The largest absolute Gasteiger partial charge is 0.358 e. The average molecular weight is 228 g/mol. The Morgan fingerprint density at radius 3 is 2.93 bits per heavy atom. The molecule has 15 heavy (non-hydrogen) atoms. The molecule has 80 valence electrons. The van der Waals surface area contributed by atoms with Crippen molar-refractivity contribution in [3.63, 3.8) is 0 Å². The van der Waals surface area contributed by atoms with Crippen molar-refractivity contribution < 1.29 is 4.92 Å². The molecule has 0 saturated carbocycles. The minimum atomic E-state index is -0.489. The van der Waals surface area contributed by atoms with Crippen LogP contribution < -0.4 is 0 Å². The van der Waals surface area contributed by atoms with Crippen LogP contribution in [0.15, 0.2) is 30.5 Å². The molecule has 0 N–H and O–H groups in total. The molecular formula is C9H10ClN3O2. The molecule has 1 aromatic heterocycles. The predicted molar refractivity (Wildman–Crippen MR) is 57.8 cm³/mol. The van der Waals surface area contributed by atoms with Gasteiger partial charge in [0.05, 0.1) is 6.42 Å². The van der Waals surface area contributed by atoms with Crippen molar-refractivity contribution in [2.45, 2.75) is 13.0 Å². The summed E-state index contributed by atoms with van der Waals surface area (Å²) >= 11 is 5.63. The van der Waals surface area contributed by atoms with E-state index in [0.29, 0.717) is 23.8 Å². The van der Waals surface area contributed by atoms with Crippen LogP contribution in [0.25, 0.3) is 0 Å². The number of nitro groups is 1. The molecule has 6 heteroatoms. The Bertz CT molecular complexity index is 411. The van der Waals surface area contributed by atoms with Crippen molar-refractivity contribution in [2.24, 2.45) is 0 Å². The SMILES string of the molecule is C=CCn1c([N+](=O)[O-])cnc1CC(=C)Cl. The van der Waals surface area contributed by atoms with Crippen molar-refractivity contribution in [3.05, 3.63) is 46.4 Å². The van der Waals surface area contributed by atoms with Crippen LogP contribution in [-0.4, -0.2) is 14.5 Å². The second kappa shape index (κ2) is 4.75. The van der Waals surface area contributed by atoms with Gasteiger partial charge in [-0.05, 0) is 4.92 Å². The number of hydrogen-bond donors (Lipinski definition) is 0. The fourth-order valence-electron chi connectivity index (χ4n) is 1.19. The van der Waals surface area contributed by atoms with Gasteiger partial charge in [0.1, 0.15) is 12.7 Å². The number of halogens is 1. The highest BCUT2D eigenvalue weighted by molar-refractivity contribution is 6.29. The fraction of sp³-hybridized carbons (Fsp3) is 0.222. The first kappa shape index (κ1) is 11.5. The molecule has 0 saturated heterocycles. The van der Waals surface area contributed by atoms with Crippen LogP contribution in [0.5, 0.6) is 0 Å². The van der Waals surface area contributed by atoms with E-state index >= 15 is 0 Å². The van der Waals surface area contributed by atoms with E-state index in [9.17, 15) is 10.1 Å². The van der Waals surface area contributed by atoms with E-state index in [1.54, 1.807) is 6.08 Å². The van der Waals surface area contributed by atoms with Gasteiger partial charge in [0.25, 0.3) is 0 Å². The minimum absolute atomic E-state index is 0.0668. The van der Waals surface area contributed by atoms with Gasteiger partial charge in [-0.1, -0.05) is 30.8 Å². The quantitative estimate of drug-likeness (QED) is 0.440. The normalized spacial score (nSPS) is 9.93. The van der Waals surface area contributed by atoms with Crippen molar-refractivity contribution in [3.8, 4) is 0 Å². The van der Waals surface area contributed by atoms with Crippen LogP contribution in [-0.2, 0) is 13.0 Å². The Hall–Kier alpha value is -1.62. The van der Waals surface area contributed by atoms with Crippen LogP contribution in [0.4, 0.5) is 5.82 Å². The molecule has 0 aliphatic heterocycles. The van der Waals surface area contributed by atoms with Gasteiger partial charge in [-0.15, -0.1) is 0 Å². The Morgan fingerprint density at radius 2 is 2.47 bits per heavy atom. The van der Waals surface area contributed by atoms with Gasteiger partial charge in [-0.25, -0.2) is 9.55 Å². The van der Waals surface area contributed by atoms with Crippen molar-refractivity contribution in [1.82, 2.24) is 9.55 Å². The molecule has 0 atom stereocenters. The molecule has 0 radical (unpaired) electrons. The highest BCUT2D eigenvalue weighted by atomic mass is 35.5. The summed E-state index contributed by atoms with van der Waals surface area (Å²) in [7, 11) is 0. The van der Waals surface area contributed by atoms with Crippen molar-refractivity contribution in [2.75, 3.05) is 0 Å². The summed E-state index contributed by atoms with van der Waals surface area (Å²) in [5.41, 5.74) is 0. The molecule has 1 aromatic rings. The smallest absolute Gasteiger partial charge is 0.343 e. The predicted octanol–water partition coefficient (Wildman–Crippen LogP) is 2.27. The summed E-state index contributed by atoms with van der Waals surface area (Å²) < 4.78 is 1.44. The first-order valence-electron chi connectivity index (χ1n) is 4.19. The fourth-order valence-corrected chi connectivity index (χ4v) is 1.31. The van der Waals surface area contributed by atoms with E-state index in [1.807, 2.05) is 0 Å². The molecule has 0 aromatic carbocycles. The number of hydrogen-bond acceptors (Lipinski definition) is 3. The Balaban J connectivity index is 3.10. The average Bonchev–Trinajstić information content (AvgIpc) is 2.48. The first-order chi connectivity index (χ1) is 7.06. The monoisotopic (exact) mass is 227 g/mol. The molecule has 0 amide bonds. The van der Waals surface area contributed by atoms with Gasteiger partial charge in [0.2, 0.25) is 5.82 Å². The molecular weight excluding hydrogens is 218 g/mol. The van der Waals surface area contributed by atoms with Crippen molar-refractivity contribution >= 4 is 17.4 Å². The third-order valence-electron chi connectivity index (χ3n) is 1.77. The molecule has 0 fully saturated rings. The van der Waals surface area contributed by atoms with Crippen molar-refractivity contribution in [1.29, 1.82) is 0 Å². The van der Waals surface area contributed by atoms with Crippen LogP contribution in [0.3, 0.4) is 0 Å². The summed E-state index contributed by atoms with van der Waals surface area (Å²) in [5.74, 6) is 0.449. The molecule has 0 spiro atoms. The Labute approximate surface area is 91.8 Å². The summed E-state index contributed by atoms with van der Waals surface area (Å²) in [6, 6.07) is 0. The molecule has 5 nitrogen and oxygen atoms in total. The molecule has 0 unspecified atom stereocenters. The Morgan fingerprint density at radius 1 is 1.80 bits per heavy atom. The number of rotatable bonds is 5. The molecule has 1 heterocycles. The van der Waals surface area contributed by atoms with E-state index < -0.39 is 4.92 Å². The second-order valence-corrected chi connectivity index (χ2v) is 3.42. The number of imidazole rings is 1. The standard InChI is InChI=1S/C9H10ClN3O2/c1-3-4-12-8(5-7(2)10)11-6-9(12)13(14)15/h3,6H,1-2,4-5H2. The lowest BCUT2D eigenvalue weighted by atomic mass is 10.4. The first-order valence-corrected chi connectivity index (χ1v) is 4.57. The van der Waals surface area contributed by atoms with Crippen LogP contribution >= 0.6 is 11.6 Å². The van der Waals surface area contributed by atoms with E-state index in [0.717, 1.165) is 0 Å². The van der Waals surface area contributed by atoms with Gasteiger partial charge >= 0.3 is 5.82 Å². The van der Waals surface area contributed by atoms with Crippen LogP contribution in [0, 0.1) is 10.1 Å². The van der Waals surface area contributed by atoms with E-state index in [4.69, 9.17) is 11.6 Å². The minimum Gasteiger partial charge on any atom is -0.358 e. The third-order valence-corrected chi connectivity index (χ3v) is 1.90. The Kier molecular flexibility index (Phi) is 3.62. The summed E-state index contributed by atoms with van der Waals surface area (Å²) in [4.78, 5) is 14.1. The number of aromatic nitrogens is 2. The highest BCUT2D eigenvalue weighted by Gasteiger charge is 2.18. The lowest BCUT2D eigenvalue weighted by Crippen LogP contribution is -2.06. The molecule has 1 rings (SSSR count). The van der Waals surface area contributed by atoms with Gasteiger partial charge in [-0.3, -0.25) is 0 Å². The lowest BCUT2D eigenvalue weighted by molar-refractivity contribution is -0.392. The van der Waals surface area contributed by atoms with Gasteiger partial charge in [0.15, 0.2) is 0 Å². The zero-order valence-corrected chi connectivity index (χ0v) is 8.78. The third kappa shape index (κ3) is 2.66.